The smallest absolute Gasteiger partial charge is 0.170 e. The van der Waals surface area contributed by atoms with Crippen LogP contribution in [0.1, 0.15) is 22.9 Å². The number of hydrogen-bond donors (Lipinski definition) is 1. The highest BCUT2D eigenvalue weighted by atomic mass is 16.3. The van der Waals surface area contributed by atoms with E-state index in [0.29, 0.717) is 0 Å². The third kappa shape index (κ3) is 4.49. The lowest BCUT2D eigenvalue weighted by Gasteiger charge is -2.23. The van der Waals surface area contributed by atoms with Gasteiger partial charge in [-0.05, 0) is 57.4 Å². The molecule has 0 bridgehead atoms. The molecule has 5 nitrogen and oxygen atoms in total. The van der Waals surface area contributed by atoms with Crippen molar-refractivity contribution in [3.05, 3.63) is 180 Å². The van der Waals surface area contributed by atoms with Gasteiger partial charge in [-0.25, -0.2) is 9.98 Å². The molecule has 3 heterocycles. The number of nitrogens with one attached hydrogen (secondary N) is 1. The molecule has 11 rings (SSSR count). The first-order valence-electron chi connectivity index (χ1n) is 17.5. The van der Waals surface area contributed by atoms with Gasteiger partial charge in [0.1, 0.15) is 34.0 Å². The van der Waals surface area contributed by atoms with Crippen LogP contribution in [0.25, 0.3) is 76.5 Å². The number of hydrogen-bond acceptors (Lipinski definition) is 5. The van der Waals surface area contributed by atoms with Crippen molar-refractivity contribution in [2.75, 3.05) is 0 Å². The average molecular weight is 668 g/mol. The van der Waals surface area contributed by atoms with Crippen LogP contribution in [0.15, 0.2) is 183 Å². The summed E-state index contributed by atoms with van der Waals surface area (Å²) in [6.45, 7) is 0. The predicted octanol–water partition coefficient (Wildman–Crippen LogP) is 12.0. The molecule has 2 aromatic heterocycles. The van der Waals surface area contributed by atoms with Gasteiger partial charge in [-0.3, -0.25) is 0 Å². The van der Waals surface area contributed by atoms with Gasteiger partial charge in [0.25, 0.3) is 0 Å². The van der Waals surface area contributed by atoms with Crippen LogP contribution >= 0.6 is 0 Å². The second-order valence-corrected chi connectivity index (χ2v) is 13.4. The third-order valence-corrected chi connectivity index (χ3v) is 10.3. The maximum absolute atomic E-state index is 6.72. The summed E-state index contributed by atoms with van der Waals surface area (Å²) in [6, 6.07) is 56.9. The summed E-state index contributed by atoms with van der Waals surface area (Å²) in [7, 11) is 0. The van der Waals surface area contributed by atoms with Crippen LogP contribution in [0.3, 0.4) is 0 Å². The lowest BCUT2D eigenvalue weighted by atomic mass is 9.96. The zero-order valence-corrected chi connectivity index (χ0v) is 27.9. The summed E-state index contributed by atoms with van der Waals surface area (Å²) in [6.07, 6.45) is -0.517. The zero-order valence-electron chi connectivity index (χ0n) is 27.9. The summed E-state index contributed by atoms with van der Waals surface area (Å²) in [5.74, 6) is 1.55. The van der Waals surface area contributed by atoms with Gasteiger partial charge in [0, 0.05) is 43.8 Å². The Bertz CT molecular complexity index is 3110. The fourth-order valence-corrected chi connectivity index (χ4v) is 7.83. The molecule has 0 spiro atoms. The fraction of sp³-hybridized carbons (Fsp3) is 0.0213. The predicted molar refractivity (Wildman–Crippen MR) is 213 cm³/mol. The van der Waals surface area contributed by atoms with Crippen LogP contribution in [-0.4, -0.2) is 11.7 Å². The molecule has 1 unspecified atom stereocenters. The number of nitrogens with zero attached hydrogens (tertiary/aromatic N) is 2. The molecule has 0 fully saturated rings. The van der Waals surface area contributed by atoms with E-state index in [1.54, 1.807) is 0 Å². The largest absolute Gasteiger partial charge is 0.456 e. The van der Waals surface area contributed by atoms with E-state index in [2.05, 4.69) is 121 Å². The second-order valence-electron chi connectivity index (χ2n) is 13.4. The topological polar surface area (TPSA) is 63.0 Å². The van der Waals surface area contributed by atoms with Crippen molar-refractivity contribution in [1.82, 2.24) is 5.32 Å². The molecule has 0 aliphatic carbocycles. The van der Waals surface area contributed by atoms with Crippen molar-refractivity contribution in [3.63, 3.8) is 0 Å². The molecule has 1 N–H and O–H groups in total. The summed E-state index contributed by atoms with van der Waals surface area (Å²) in [5, 5.41) is 12.7. The third-order valence-electron chi connectivity index (χ3n) is 10.3. The van der Waals surface area contributed by atoms with Gasteiger partial charge in [-0.1, -0.05) is 133 Å². The first-order chi connectivity index (χ1) is 25.7. The van der Waals surface area contributed by atoms with Gasteiger partial charge >= 0.3 is 0 Å². The van der Waals surface area contributed by atoms with Gasteiger partial charge in [0.05, 0.1) is 0 Å². The number of amidine groups is 2. The van der Waals surface area contributed by atoms with E-state index >= 15 is 0 Å². The molecular formula is C47H29N3O2. The number of benzene rings is 8. The van der Waals surface area contributed by atoms with Gasteiger partial charge in [0.15, 0.2) is 6.17 Å². The summed E-state index contributed by atoms with van der Waals surface area (Å²) >= 11 is 0. The molecule has 1 atom stereocenters. The molecule has 5 heteroatoms. The van der Waals surface area contributed by atoms with Gasteiger partial charge < -0.3 is 14.2 Å². The normalized spacial score (nSPS) is 14.7. The van der Waals surface area contributed by atoms with E-state index in [4.69, 9.17) is 18.8 Å². The lowest BCUT2D eigenvalue weighted by Crippen LogP contribution is -2.36. The Hall–Kier alpha value is -6.98. The number of fused-ring (bicyclic) bond motifs is 9. The molecule has 10 aromatic rings. The molecule has 0 saturated carbocycles. The SMILES string of the molecule is c1ccc(C2=NC(c3ccc(-c4ccc5oc6ccccc6c5c4)c4oc5ccccc5c34)N=C(c3ccc4c(ccc5ccccc54)c3)N2)cc1. The number of aliphatic imine (C=N–C) groups is 2. The first-order valence-corrected chi connectivity index (χ1v) is 17.5. The summed E-state index contributed by atoms with van der Waals surface area (Å²) in [5.41, 5.74) is 8.43. The van der Waals surface area contributed by atoms with Crippen LogP contribution in [0.2, 0.25) is 0 Å². The van der Waals surface area contributed by atoms with E-state index in [-0.39, 0.29) is 0 Å². The summed E-state index contributed by atoms with van der Waals surface area (Å²) in [4.78, 5) is 10.6. The van der Waals surface area contributed by atoms with Crippen molar-refractivity contribution in [2.24, 2.45) is 9.98 Å². The minimum atomic E-state index is -0.517. The van der Waals surface area contributed by atoms with Crippen LogP contribution < -0.4 is 5.32 Å². The van der Waals surface area contributed by atoms with E-state index < -0.39 is 6.17 Å². The summed E-state index contributed by atoms with van der Waals surface area (Å²) < 4.78 is 12.9. The zero-order chi connectivity index (χ0) is 34.2. The minimum absolute atomic E-state index is 0.517. The van der Waals surface area contributed by atoms with Crippen molar-refractivity contribution < 1.29 is 8.83 Å². The highest BCUT2D eigenvalue weighted by molar-refractivity contribution is 6.18. The highest BCUT2D eigenvalue weighted by Gasteiger charge is 2.26. The maximum atomic E-state index is 6.72. The van der Waals surface area contributed by atoms with Gasteiger partial charge in [-0.2, -0.15) is 0 Å². The van der Waals surface area contributed by atoms with Crippen molar-refractivity contribution in [3.8, 4) is 11.1 Å². The molecule has 1 aliphatic rings. The Morgan fingerprint density at radius 2 is 1.08 bits per heavy atom. The van der Waals surface area contributed by atoms with Crippen molar-refractivity contribution in [2.45, 2.75) is 6.17 Å². The van der Waals surface area contributed by atoms with Crippen LogP contribution in [0, 0.1) is 0 Å². The van der Waals surface area contributed by atoms with Gasteiger partial charge in [-0.15, -0.1) is 0 Å². The molecular weight excluding hydrogens is 639 g/mol. The highest BCUT2D eigenvalue weighted by Crippen LogP contribution is 2.43. The number of para-hydroxylation sites is 2. The Morgan fingerprint density at radius 3 is 1.94 bits per heavy atom. The minimum Gasteiger partial charge on any atom is -0.456 e. The molecule has 244 valence electrons. The van der Waals surface area contributed by atoms with Crippen molar-refractivity contribution in [1.29, 1.82) is 0 Å². The Morgan fingerprint density at radius 1 is 0.423 bits per heavy atom. The van der Waals surface area contributed by atoms with Crippen LogP contribution in [0.4, 0.5) is 0 Å². The molecule has 8 aromatic carbocycles. The fourth-order valence-electron chi connectivity index (χ4n) is 7.83. The average Bonchev–Trinajstić information content (AvgIpc) is 3.79. The van der Waals surface area contributed by atoms with Crippen LogP contribution in [0.5, 0.6) is 0 Å². The van der Waals surface area contributed by atoms with E-state index in [9.17, 15) is 0 Å². The Balaban J connectivity index is 1.11. The molecule has 1 aliphatic heterocycles. The standard InChI is InChI=1S/C47H29N3O2/c1-2-11-29(12-3-1)45-48-46(32-20-22-34-30(26-32)19-18-28-10-4-5-13-33(28)34)50-47(49-45)38-24-23-35(44-43(38)37-15-7-9-17-41(37)52-44)31-21-25-42-39(27-31)36-14-6-8-16-40(36)51-42/h1-27,47H,(H,48,49,50). The molecule has 52 heavy (non-hydrogen) atoms. The maximum Gasteiger partial charge on any atom is 0.170 e. The second kappa shape index (κ2) is 11.3. The number of rotatable bonds is 4. The monoisotopic (exact) mass is 667 g/mol. The van der Waals surface area contributed by atoms with E-state index in [0.717, 1.165) is 88.8 Å². The molecule has 0 radical (unpaired) electrons. The first kappa shape index (κ1) is 28.8. The Labute approximate surface area is 298 Å². The van der Waals surface area contributed by atoms with Gasteiger partial charge in [0.2, 0.25) is 0 Å². The van der Waals surface area contributed by atoms with Crippen molar-refractivity contribution >= 4 is 77.1 Å². The Kier molecular flexibility index (Phi) is 6.25. The molecule has 0 saturated heterocycles. The lowest BCUT2D eigenvalue weighted by molar-refractivity contribution is 0.667. The quantitative estimate of drug-likeness (QED) is 0.190. The van der Waals surface area contributed by atoms with Crippen LogP contribution in [-0.2, 0) is 0 Å². The van der Waals surface area contributed by atoms with E-state index in [1.807, 2.05) is 48.5 Å². The number of furan rings is 2. The van der Waals surface area contributed by atoms with E-state index in [1.165, 1.54) is 16.2 Å². The molecule has 0 amide bonds.